The van der Waals surface area contributed by atoms with E-state index in [0.29, 0.717) is 17.8 Å². The third-order valence-corrected chi connectivity index (χ3v) is 3.18. The summed E-state index contributed by atoms with van der Waals surface area (Å²) in [5.41, 5.74) is 3.24. The molecule has 88 valence electrons. The van der Waals surface area contributed by atoms with Crippen LogP contribution >= 0.6 is 11.6 Å². The van der Waals surface area contributed by atoms with E-state index in [1.54, 1.807) is 0 Å². The maximum Gasteiger partial charge on any atom is 0.137 e. The highest BCUT2D eigenvalue weighted by atomic mass is 35.5. The molecule has 0 radical (unpaired) electrons. The van der Waals surface area contributed by atoms with E-state index in [4.69, 9.17) is 11.6 Å². The molecule has 6 heteroatoms. The zero-order valence-electron chi connectivity index (χ0n) is 8.79. The van der Waals surface area contributed by atoms with Gasteiger partial charge in [-0.25, -0.2) is 0 Å². The van der Waals surface area contributed by atoms with Crippen LogP contribution in [0.3, 0.4) is 0 Å². The van der Waals surface area contributed by atoms with Crippen molar-refractivity contribution < 1.29 is 10.2 Å². The topological polar surface area (TPSA) is 81.2 Å². The largest absolute Gasteiger partial charge is 0.507 e. The van der Waals surface area contributed by atoms with Crippen molar-refractivity contribution in [3.63, 3.8) is 0 Å². The zero-order chi connectivity index (χ0) is 12.0. The monoisotopic (exact) mass is 251 g/mol. The number of phenols is 2. The Kier molecular flexibility index (Phi) is 2.24. The number of nitrogens with one attached hydrogen (secondary N) is 2. The van der Waals surface area contributed by atoms with E-state index in [2.05, 4.69) is 15.5 Å². The van der Waals surface area contributed by atoms with E-state index in [-0.39, 0.29) is 16.5 Å². The van der Waals surface area contributed by atoms with Gasteiger partial charge in [-0.05, 0) is 6.07 Å². The van der Waals surface area contributed by atoms with Gasteiger partial charge in [-0.2, -0.15) is 5.10 Å². The molecule has 0 unspecified atom stereocenters. The average Bonchev–Trinajstić information content (AvgIpc) is 2.85. The Morgan fingerprint density at radius 1 is 1.18 bits per heavy atom. The van der Waals surface area contributed by atoms with Crippen LogP contribution in [0.1, 0.15) is 11.3 Å². The van der Waals surface area contributed by atoms with Crippen molar-refractivity contribution in [3.05, 3.63) is 28.4 Å². The lowest BCUT2D eigenvalue weighted by atomic mass is 10.1. The lowest BCUT2D eigenvalue weighted by Gasteiger charge is -2.05. The van der Waals surface area contributed by atoms with Gasteiger partial charge in [0.25, 0.3) is 0 Å². The Balaban J connectivity index is 2.18. The van der Waals surface area contributed by atoms with Gasteiger partial charge in [0.15, 0.2) is 0 Å². The molecule has 0 bridgehead atoms. The normalized spacial score (nSPS) is 13.9. The summed E-state index contributed by atoms with van der Waals surface area (Å²) in [4.78, 5) is 0. The molecular weight excluding hydrogens is 242 g/mol. The molecule has 4 N–H and O–H groups in total. The van der Waals surface area contributed by atoms with E-state index in [1.165, 1.54) is 12.1 Å². The Morgan fingerprint density at radius 3 is 2.82 bits per heavy atom. The van der Waals surface area contributed by atoms with Crippen molar-refractivity contribution in [2.75, 3.05) is 0 Å². The minimum atomic E-state index is -0.141. The summed E-state index contributed by atoms with van der Waals surface area (Å²) in [5.74, 6) is -0.175. The molecule has 1 aliphatic rings. The lowest BCUT2D eigenvalue weighted by molar-refractivity contribution is 0.452. The average molecular weight is 252 g/mol. The second-order valence-corrected chi connectivity index (χ2v) is 4.36. The first-order valence-corrected chi connectivity index (χ1v) is 5.53. The number of nitrogens with zero attached hydrogens (tertiary/aromatic N) is 1. The van der Waals surface area contributed by atoms with Crippen LogP contribution in [0.4, 0.5) is 0 Å². The predicted octanol–water partition coefficient (Wildman–Crippen LogP) is 1.74. The first-order chi connectivity index (χ1) is 8.16. The number of phenolic OH excluding ortho intramolecular Hbond substituents is 2. The number of aromatic amines is 1. The molecule has 1 aromatic carbocycles. The van der Waals surface area contributed by atoms with Crippen LogP contribution in [0.15, 0.2) is 12.1 Å². The summed E-state index contributed by atoms with van der Waals surface area (Å²) < 4.78 is 0. The fourth-order valence-corrected chi connectivity index (χ4v) is 2.18. The number of fused-ring (bicyclic) bond motifs is 1. The first kappa shape index (κ1) is 10.4. The van der Waals surface area contributed by atoms with Crippen LogP contribution in [-0.2, 0) is 13.1 Å². The third kappa shape index (κ3) is 1.55. The van der Waals surface area contributed by atoms with Gasteiger partial charge in [-0.15, -0.1) is 0 Å². The summed E-state index contributed by atoms with van der Waals surface area (Å²) in [5, 5.41) is 29.7. The van der Waals surface area contributed by atoms with E-state index in [9.17, 15) is 10.2 Å². The fourth-order valence-electron chi connectivity index (χ4n) is 2.01. The molecule has 17 heavy (non-hydrogen) atoms. The van der Waals surface area contributed by atoms with Gasteiger partial charge >= 0.3 is 0 Å². The SMILES string of the molecule is Oc1cc(O)c(-c2n[nH]c3c2CNC3)cc1Cl. The molecule has 0 atom stereocenters. The Hall–Kier alpha value is -1.72. The highest BCUT2D eigenvalue weighted by Crippen LogP contribution is 2.38. The van der Waals surface area contributed by atoms with Crippen LogP contribution in [0.25, 0.3) is 11.3 Å². The Labute approximate surface area is 102 Å². The highest BCUT2D eigenvalue weighted by molar-refractivity contribution is 6.32. The number of aromatic nitrogens is 2. The number of hydrogen-bond donors (Lipinski definition) is 4. The minimum Gasteiger partial charge on any atom is -0.507 e. The van der Waals surface area contributed by atoms with Crippen LogP contribution < -0.4 is 5.32 Å². The molecule has 1 aromatic heterocycles. The van der Waals surface area contributed by atoms with Crippen molar-refractivity contribution in [2.45, 2.75) is 13.1 Å². The molecule has 0 aliphatic carbocycles. The maximum absolute atomic E-state index is 9.83. The predicted molar refractivity (Wildman–Crippen MR) is 62.9 cm³/mol. The van der Waals surface area contributed by atoms with Gasteiger partial charge in [-0.3, -0.25) is 5.10 Å². The number of H-pyrrole nitrogens is 1. The van der Waals surface area contributed by atoms with E-state index in [1.807, 2.05) is 0 Å². The van der Waals surface area contributed by atoms with Crippen LogP contribution in [0.2, 0.25) is 5.02 Å². The third-order valence-electron chi connectivity index (χ3n) is 2.88. The van der Waals surface area contributed by atoms with Crippen molar-refractivity contribution in [3.8, 4) is 22.8 Å². The molecule has 0 amide bonds. The van der Waals surface area contributed by atoms with Gasteiger partial charge in [0.2, 0.25) is 0 Å². The molecule has 1 aliphatic heterocycles. The second-order valence-electron chi connectivity index (χ2n) is 3.95. The smallest absolute Gasteiger partial charge is 0.137 e. The molecule has 2 heterocycles. The van der Waals surface area contributed by atoms with Crippen molar-refractivity contribution in [2.24, 2.45) is 0 Å². The molecule has 5 nitrogen and oxygen atoms in total. The van der Waals surface area contributed by atoms with E-state index in [0.717, 1.165) is 17.8 Å². The summed E-state index contributed by atoms with van der Waals surface area (Å²) in [6.45, 7) is 1.45. The molecular formula is C11H10ClN3O2. The lowest BCUT2D eigenvalue weighted by Crippen LogP contribution is -2.02. The fraction of sp³-hybridized carbons (Fsp3) is 0.182. The minimum absolute atomic E-state index is 0.0342. The van der Waals surface area contributed by atoms with Crippen LogP contribution in [0.5, 0.6) is 11.5 Å². The van der Waals surface area contributed by atoms with Crippen molar-refractivity contribution >= 4 is 11.6 Å². The summed E-state index contributed by atoms with van der Waals surface area (Å²) >= 11 is 5.84. The summed E-state index contributed by atoms with van der Waals surface area (Å²) in [6.07, 6.45) is 0. The molecule has 0 saturated heterocycles. The summed E-state index contributed by atoms with van der Waals surface area (Å²) in [6, 6.07) is 2.74. The zero-order valence-corrected chi connectivity index (χ0v) is 9.54. The Morgan fingerprint density at radius 2 is 2.00 bits per heavy atom. The van der Waals surface area contributed by atoms with Gasteiger partial charge in [0.1, 0.15) is 17.2 Å². The molecule has 0 fully saturated rings. The van der Waals surface area contributed by atoms with Gasteiger partial charge in [-0.1, -0.05) is 11.6 Å². The molecule has 3 rings (SSSR count). The molecule has 0 saturated carbocycles. The number of aromatic hydroxyl groups is 2. The number of rotatable bonds is 1. The van der Waals surface area contributed by atoms with Gasteiger partial charge < -0.3 is 15.5 Å². The first-order valence-electron chi connectivity index (χ1n) is 5.15. The highest BCUT2D eigenvalue weighted by Gasteiger charge is 2.21. The van der Waals surface area contributed by atoms with Gasteiger partial charge in [0.05, 0.1) is 10.7 Å². The quantitative estimate of drug-likeness (QED) is 0.622. The van der Waals surface area contributed by atoms with Crippen LogP contribution in [0, 0.1) is 0 Å². The maximum atomic E-state index is 9.83. The number of halogens is 1. The second kappa shape index (κ2) is 3.65. The number of hydrogen-bond acceptors (Lipinski definition) is 4. The van der Waals surface area contributed by atoms with Crippen molar-refractivity contribution in [1.29, 1.82) is 0 Å². The van der Waals surface area contributed by atoms with E-state index >= 15 is 0 Å². The summed E-state index contributed by atoms with van der Waals surface area (Å²) in [7, 11) is 0. The van der Waals surface area contributed by atoms with Gasteiger partial charge in [0, 0.05) is 30.3 Å². The van der Waals surface area contributed by atoms with E-state index < -0.39 is 0 Å². The Bertz CT molecular complexity index is 595. The molecule has 0 spiro atoms. The number of benzene rings is 1. The molecule has 2 aromatic rings. The standard InChI is InChI=1S/C11H10ClN3O2/c12-7-1-5(9(16)2-10(7)17)11-6-3-13-4-8(6)14-15-11/h1-2,13,16-17H,3-4H2,(H,14,15). The van der Waals surface area contributed by atoms with Crippen LogP contribution in [-0.4, -0.2) is 20.4 Å². The van der Waals surface area contributed by atoms with Crippen molar-refractivity contribution in [1.82, 2.24) is 15.5 Å².